The van der Waals surface area contributed by atoms with Gasteiger partial charge in [0.15, 0.2) is 0 Å². The number of aromatic nitrogens is 1. The van der Waals surface area contributed by atoms with E-state index >= 15 is 0 Å². The van der Waals surface area contributed by atoms with Crippen LogP contribution in [0.4, 0.5) is 0 Å². The van der Waals surface area contributed by atoms with Gasteiger partial charge in [-0.3, -0.25) is 4.98 Å². The number of hydrogen-bond donors (Lipinski definition) is 1. The predicted octanol–water partition coefficient (Wildman–Crippen LogP) is 1.62. The zero-order chi connectivity index (χ0) is 9.10. The van der Waals surface area contributed by atoms with Crippen LogP contribution < -0.4 is 5.32 Å². The van der Waals surface area contributed by atoms with Crippen molar-refractivity contribution in [2.24, 2.45) is 5.92 Å². The summed E-state index contributed by atoms with van der Waals surface area (Å²) in [6, 6.07) is 4.93. The molecule has 0 saturated carbocycles. The van der Waals surface area contributed by atoms with Crippen LogP contribution >= 0.6 is 0 Å². The summed E-state index contributed by atoms with van der Waals surface area (Å²) >= 11 is 0. The molecule has 0 unspecified atom stereocenters. The van der Waals surface area contributed by atoms with Crippen LogP contribution in [0, 0.1) is 5.92 Å². The summed E-state index contributed by atoms with van der Waals surface area (Å²) in [7, 11) is 0. The molecular weight excluding hydrogens is 160 g/mol. The van der Waals surface area contributed by atoms with Crippen molar-refractivity contribution < 1.29 is 0 Å². The number of rotatable bonds is 2. The Morgan fingerprint density at radius 2 is 2.23 bits per heavy atom. The van der Waals surface area contributed by atoms with Crippen LogP contribution in [0.3, 0.4) is 0 Å². The molecule has 13 heavy (non-hydrogen) atoms. The molecule has 1 aromatic rings. The van der Waals surface area contributed by atoms with Gasteiger partial charge < -0.3 is 5.32 Å². The van der Waals surface area contributed by atoms with Crippen molar-refractivity contribution in [2.75, 3.05) is 6.54 Å². The Morgan fingerprint density at radius 1 is 1.46 bits per heavy atom. The molecule has 1 aliphatic rings. The van der Waals surface area contributed by atoms with Gasteiger partial charge in [0.05, 0.1) is 0 Å². The van der Waals surface area contributed by atoms with Crippen LogP contribution in [0.15, 0.2) is 24.5 Å². The molecule has 0 bridgehead atoms. The molecule has 0 aromatic carbocycles. The molecular formula is C11H16N2. The SMILES string of the molecule is C[C@H]1C[C@@H](Cc2ccncc2)CN1. The molecule has 2 atom stereocenters. The monoisotopic (exact) mass is 176 g/mol. The summed E-state index contributed by atoms with van der Waals surface area (Å²) < 4.78 is 0. The van der Waals surface area contributed by atoms with E-state index in [2.05, 4.69) is 29.4 Å². The van der Waals surface area contributed by atoms with Crippen molar-refractivity contribution in [1.82, 2.24) is 10.3 Å². The molecule has 1 aromatic heterocycles. The summed E-state index contributed by atoms with van der Waals surface area (Å²) in [5.74, 6) is 0.817. The fourth-order valence-corrected chi connectivity index (χ4v) is 2.04. The van der Waals surface area contributed by atoms with Crippen molar-refractivity contribution in [3.63, 3.8) is 0 Å². The Bertz CT molecular complexity index is 258. The first-order valence-electron chi connectivity index (χ1n) is 4.97. The summed E-state index contributed by atoms with van der Waals surface area (Å²) in [6.07, 6.45) is 6.25. The first-order valence-corrected chi connectivity index (χ1v) is 4.97. The molecule has 1 aliphatic heterocycles. The minimum Gasteiger partial charge on any atom is -0.314 e. The molecule has 0 radical (unpaired) electrons. The van der Waals surface area contributed by atoms with Crippen molar-refractivity contribution in [3.05, 3.63) is 30.1 Å². The topological polar surface area (TPSA) is 24.9 Å². The highest BCUT2D eigenvalue weighted by Gasteiger charge is 2.20. The highest BCUT2D eigenvalue weighted by atomic mass is 14.9. The summed E-state index contributed by atoms with van der Waals surface area (Å²) in [6.45, 7) is 3.43. The molecule has 0 amide bonds. The highest BCUT2D eigenvalue weighted by molar-refractivity contribution is 5.11. The van der Waals surface area contributed by atoms with Gasteiger partial charge in [-0.15, -0.1) is 0 Å². The molecule has 0 spiro atoms. The molecule has 1 saturated heterocycles. The van der Waals surface area contributed by atoms with Crippen LogP contribution in [0.1, 0.15) is 18.9 Å². The molecule has 70 valence electrons. The van der Waals surface area contributed by atoms with E-state index in [9.17, 15) is 0 Å². The highest BCUT2D eigenvalue weighted by Crippen LogP contribution is 2.18. The van der Waals surface area contributed by atoms with Gasteiger partial charge in [-0.2, -0.15) is 0 Å². The Balaban J connectivity index is 1.92. The quantitative estimate of drug-likeness (QED) is 0.740. The normalized spacial score (nSPS) is 27.8. The number of nitrogens with zero attached hydrogens (tertiary/aromatic N) is 1. The van der Waals surface area contributed by atoms with Gasteiger partial charge in [-0.25, -0.2) is 0 Å². The summed E-state index contributed by atoms with van der Waals surface area (Å²) in [5.41, 5.74) is 1.41. The zero-order valence-electron chi connectivity index (χ0n) is 8.03. The van der Waals surface area contributed by atoms with Crippen molar-refractivity contribution in [3.8, 4) is 0 Å². The number of hydrogen-bond acceptors (Lipinski definition) is 2. The second-order valence-electron chi connectivity index (χ2n) is 3.97. The van der Waals surface area contributed by atoms with Gasteiger partial charge in [-0.05, 0) is 49.9 Å². The molecule has 1 N–H and O–H groups in total. The Labute approximate surface area is 79.4 Å². The van der Waals surface area contributed by atoms with Crippen LogP contribution in [0.25, 0.3) is 0 Å². The van der Waals surface area contributed by atoms with Crippen LogP contribution in [0.5, 0.6) is 0 Å². The lowest BCUT2D eigenvalue weighted by atomic mass is 9.98. The lowest BCUT2D eigenvalue weighted by Gasteiger charge is -2.07. The maximum Gasteiger partial charge on any atom is 0.0270 e. The molecule has 2 nitrogen and oxygen atoms in total. The predicted molar refractivity (Wildman–Crippen MR) is 53.5 cm³/mol. The Kier molecular flexibility index (Phi) is 2.60. The first-order chi connectivity index (χ1) is 6.34. The van der Waals surface area contributed by atoms with E-state index in [1.54, 1.807) is 0 Å². The van der Waals surface area contributed by atoms with Gasteiger partial charge >= 0.3 is 0 Å². The Hall–Kier alpha value is -0.890. The maximum absolute atomic E-state index is 4.02. The van der Waals surface area contributed by atoms with E-state index in [1.165, 1.54) is 24.9 Å². The van der Waals surface area contributed by atoms with Crippen molar-refractivity contribution >= 4 is 0 Å². The first kappa shape index (κ1) is 8.70. The smallest absolute Gasteiger partial charge is 0.0270 e. The van der Waals surface area contributed by atoms with Gasteiger partial charge in [0.1, 0.15) is 0 Å². The second kappa shape index (κ2) is 3.88. The van der Waals surface area contributed by atoms with E-state index in [-0.39, 0.29) is 0 Å². The van der Waals surface area contributed by atoms with Crippen molar-refractivity contribution in [1.29, 1.82) is 0 Å². The fraction of sp³-hybridized carbons (Fsp3) is 0.545. The maximum atomic E-state index is 4.02. The fourth-order valence-electron chi connectivity index (χ4n) is 2.04. The minimum atomic E-state index is 0.701. The minimum absolute atomic E-state index is 0.701. The Morgan fingerprint density at radius 3 is 2.85 bits per heavy atom. The van der Waals surface area contributed by atoms with Crippen molar-refractivity contribution in [2.45, 2.75) is 25.8 Å². The number of pyridine rings is 1. The second-order valence-corrected chi connectivity index (χ2v) is 3.97. The third-order valence-electron chi connectivity index (χ3n) is 2.72. The molecule has 2 rings (SSSR count). The summed E-state index contributed by atoms with van der Waals surface area (Å²) in [4.78, 5) is 4.02. The van der Waals surface area contributed by atoms with Gasteiger partial charge in [-0.1, -0.05) is 0 Å². The third kappa shape index (κ3) is 2.28. The van der Waals surface area contributed by atoms with Crippen LogP contribution in [-0.4, -0.2) is 17.6 Å². The molecule has 2 heterocycles. The largest absolute Gasteiger partial charge is 0.314 e. The van der Waals surface area contributed by atoms with E-state index in [4.69, 9.17) is 0 Å². The average molecular weight is 176 g/mol. The lowest BCUT2D eigenvalue weighted by Crippen LogP contribution is -2.17. The molecule has 2 heteroatoms. The van der Waals surface area contributed by atoms with Crippen LogP contribution in [-0.2, 0) is 6.42 Å². The molecule has 0 aliphatic carbocycles. The summed E-state index contributed by atoms with van der Waals surface area (Å²) in [5, 5.41) is 3.47. The third-order valence-corrected chi connectivity index (χ3v) is 2.72. The van der Waals surface area contributed by atoms with E-state index in [1.807, 2.05) is 12.4 Å². The number of nitrogens with one attached hydrogen (secondary N) is 1. The van der Waals surface area contributed by atoms with E-state index < -0.39 is 0 Å². The lowest BCUT2D eigenvalue weighted by molar-refractivity contribution is 0.565. The van der Waals surface area contributed by atoms with Gasteiger partial charge in [0.2, 0.25) is 0 Å². The standard InChI is InChI=1S/C11H16N2/c1-9-6-11(8-13-9)7-10-2-4-12-5-3-10/h2-5,9,11,13H,6-8H2,1H3/t9-,11-/m0/s1. The van der Waals surface area contributed by atoms with E-state index in [0.29, 0.717) is 6.04 Å². The molecule has 1 fully saturated rings. The average Bonchev–Trinajstić information content (AvgIpc) is 2.53. The van der Waals surface area contributed by atoms with Crippen LogP contribution in [0.2, 0.25) is 0 Å². The van der Waals surface area contributed by atoms with E-state index in [0.717, 1.165) is 5.92 Å². The van der Waals surface area contributed by atoms with Gasteiger partial charge in [0.25, 0.3) is 0 Å². The van der Waals surface area contributed by atoms with Gasteiger partial charge in [0, 0.05) is 18.4 Å². The zero-order valence-corrected chi connectivity index (χ0v) is 8.03.